The number of nitrogens with one attached hydrogen (secondary N) is 1. The third kappa shape index (κ3) is 1.65. The van der Waals surface area contributed by atoms with Crippen LogP contribution in [0.1, 0.15) is 5.56 Å². The van der Waals surface area contributed by atoms with E-state index in [0.29, 0.717) is 0 Å². The zero-order valence-corrected chi connectivity index (χ0v) is 9.57. The molecule has 0 aliphatic rings. The number of H-pyrrole nitrogens is 1. The molecular weight excluding hydrogens is 210 g/mol. The second-order valence-corrected chi connectivity index (χ2v) is 4.25. The molecule has 1 heterocycles. The van der Waals surface area contributed by atoms with Gasteiger partial charge in [-0.3, -0.25) is 5.10 Å². The predicted molar refractivity (Wildman–Crippen MR) is 70.7 cm³/mol. The second kappa shape index (κ2) is 3.63. The van der Waals surface area contributed by atoms with Crippen molar-refractivity contribution in [3.63, 3.8) is 0 Å². The van der Waals surface area contributed by atoms with Gasteiger partial charge in [0.15, 0.2) is 0 Å². The summed E-state index contributed by atoms with van der Waals surface area (Å²) in [6.45, 7) is 2.11. The lowest BCUT2D eigenvalue weighted by Gasteiger charge is -2.06. The Morgan fingerprint density at radius 2 is 1.88 bits per heavy atom. The highest BCUT2D eigenvalue weighted by Gasteiger charge is 2.05. The second-order valence-electron chi connectivity index (χ2n) is 4.25. The van der Waals surface area contributed by atoms with E-state index in [4.69, 9.17) is 5.73 Å². The first-order valence-electron chi connectivity index (χ1n) is 5.54. The SMILES string of the molecule is Cc1cc2cn[nH]c2cc1-c1ccc(N)cc1. The Balaban J connectivity index is 2.21. The minimum atomic E-state index is 0.786. The van der Waals surface area contributed by atoms with Crippen molar-refractivity contribution in [1.29, 1.82) is 0 Å². The summed E-state index contributed by atoms with van der Waals surface area (Å²) in [6, 6.07) is 12.2. The number of hydrogen-bond acceptors (Lipinski definition) is 2. The highest BCUT2D eigenvalue weighted by Crippen LogP contribution is 2.27. The Labute approximate surface area is 99.3 Å². The third-order valence-electron chi connectivity index (χ3n) is 3.01. The molecule has 0 bridgehead atoms. The van der Waals surface area contributed by atoms with Gasteiger partial charge >= 0.3 is 0 Å². The smallest absolute Gasteiger partial charge is 0.0656 e. The van der Waals surface area contributed by atoms with Gasteiger partial charge < -0.3 is 5.73 Å². The van der Waals surface area contributed by atoms with Crippen molar-refractivity contribution in [2.45, 2.75) is 6.92 Å². The third-order valence-corrected chi connectivity index (χ3v) is 3.01. The summed E-state index contributed by atoms with van der Waals surface area (Å²) in [4.78, 5) is 0. The first-order chi connectivity index (χ1) is 8.24. The molecule has 0 unspecified atom stereocenters. The van der Waals surface area contributed by atoms with E-state index in [9.17, 15) is 0 Å². The molecule has 17 heavy (non-hydrogen) atoms. The van der Waals surface area contributed by atoms with Crippen molar-refractivity contribution in [3.05, 3.63) is 48.2 Å². The van der Waals surface area contributed by atoms with Crippen LogP contribution in [-0.2, 0) is 0 Å². The summed E-state index contributed by atoms with van der Waals surface area (Å²) in [5, 5.41) is 8.18. The monoisotopic (exact) mass is 223 g/mol. The van der Waals surface area contributed by atoms with Crippen molar-refractivity contribution in [2.24, 2.45) is 0 Å². The molecule has 3 aromatic rings. The van der Waals surface area contributed by atoms with Gasteiger partial charge in [-0.25, -0.2) is 0 Å². The average Bonchev–Trinajstić information content (AvgIpc) is 2.76. The number of nitrogens with zero attached hydrogens (tertiary/aromatic N) is 1. The number of aryl methyl sites for hydroxylation is 1. The van der Waals surface area contributed by atoms with E-state index in [1.54, 1.807) is 0 Å². The fourth-order valence-corrected chi connectivity index (χ4v) is 2.08. The summed E-state index contributed by atoms with van der Waals surface area (Å²) in [7, 11) is 0. The van der Waals surface area contributed by atoms with E-state index in [0.717, 1.165) is 16.6 Å². The zero-order chi connectivity index (χ0) is 11.8. The van der Waals surface area contributed by atoms with Crippen molar-refractivity contribution >= 4 is 16.6 Å². The first kappa shape index (κ1) is 9.90. The Kier molecular flexibility index (Phi) is 2.11. The fraction of sp³-hybridized carbons (Fsp3) is 0.0714. The largest absolute Gasteiger partial charge is 0.399 e. The minimum absolute atomic E-state index is 0.786. The van der Waals surface area contributed by atoms with Crippen LogP contribution in [0.2, 0.25) is 0 Å². The molecule has 0 aliphatic heterocycles. The lowest BCUT2D eigenvalue weighted by Crippen LogP contribution is -1.86. The van der Waals surface area contributed by atoms with Gasteiger partial charge in [0.25, 0.3) is 0 Å². The topological polar surface area (TPSA) is 54.7 Å². The Bertz CT molecular complexity index is 666. The maximum atomic E-state index is 5.70. The fourth-order valence-electron chi connectivity index (χ4n) is 2.08. The van der Waals surface area contributed by atoms with Crippen molar-refractivity contribution in [2.75, 3.05) is 5.73 Å². The van der Waals surface area contributed by atoms with Gasteiger partial charge in [-0.05, 0) is 47.9 Å². The lowest BCUT2D eigenvalue weighted by molar-refractivity contribution is 1.12. The Morgan fingerprint density at radius 3 is 2.65 bits per heavy atom. The summed E-state index contributed by atoms with van der Waals surface area (Å²) < 4.78 is 0. The maximum absolute atomic E-state index is 5.70. The van der Waals surface area contributed by atoms with Crippen LogP contribution in [0.4, 0.5) is 5.69 Å². The molecule has 3 nitrogen and oxygen atoms in total. The van der Waals surface area contributed by atoms with Gasteiger partial charge in [-0.1, -0.05) is 12.1 Å². The molecule has 0 amide bonds. The van der Waals surface area contributed by atoms with Crippen LogP contribution in [-0.4, -0.2) is 10.2 Å². The normalized spacial score (nSPS) is 10.9. The van der Waals surface area contributed by atoms with Gasteiger partial charge in [0.05, 0.1) is 11.7 Å². The van der Waals surface area contributed by atoms with Crippen molar-refractivity contribution in [3.8, 4) is 11.1 Å². The molecule has 84 valence electrons. The van der Waals surface area contributed by atoms with Crippen LogP contribution >= 0.6 is 0 Å². The number of nitrogens with two attached hydrogens (primary N) is 1. The minimum Gasteiger partial charge on any atom is -0.399 e. The molecule has 2 aromatic carbocycles. The van der Waals surface area contributed by atoms with E-state index in [1.807, 2.05) is 30.5 Å². The Hall–Kier alpha value is -2.29. The quantitative estimate of drug-likeness (QED) is 0.623. The van der Waals surface area contributed by atoms with Gasteiger partial charge in [0.1, 0.15) is 0 Å². The van der Waals surface area contributed by atoms with E-state index in [2.05, 4.69) is 29.3 Å². The summed E-state index contributed by atoms with van der Waals surface area (Å²) in [5.74, 6) is 0. The van der Waals surface area contributed by atoms with Gasteiger partial charge in [-0.15, -0.1) is 0 Å². The molecule has 0 atom stereocenters. The van der Waals surface area contributed by atoms with E-state index >= 15 is 0 Å². The summed E-state index contributed by atoms with van der Waals surface area (Å²) in [6.07, 6.45) is 1.84. The van der Waals surface area contributed by atoms with Crippen LogP contribution < -0.4 is 5.73 Å². The van der Waals surface area contributed by atoms with Crippen LogP contribution in [0.15, 0.2) is 42.6 Å². The molecule has 3 rings (SSSR count). The van der Waals surface area contributed by atoms with Crippen LogP contribution in [0.5, 0.6) is 0 Å². The van der Waals surface area contributed by atoms with Crippen LogP contribution in [0.25, 0.3) is 22.0 Å². The average molecular weight is 223 g/mol. The first-order valence-corrected chi connectivity index (χ1v) is 5.54. The molecule has 0 saturated heterocycles. The number of benzene rings is 2. The molecule has 3 N–H and O–H groups in total. The van der Waals surface area contributed by atoms with Crippen LogP contribution in [0, 0.1) is 6.92 Å². The van der Waals surface area contributed by atoms with Gasteiger partial charge in [-0.2, -0.15) is 5.10 Å². The molecule has 0 saturated carbocycles. The van der Waals surface area contributed by atoms with Gasteiger partial charge in [0, 0.05) is 11.1 Å². The Morgan fingerprint density at radius 1 is 1.12 bits per heavy atom. The molecule has 3 heteroatoms. The highest BCUT2D eigenvalue weighted by atomic mass is 15.1. The maximum Gasteiger partial charge on any atom is 0.0656 e. The predicted octanol–water partition coefficient (Wildman–Crippen LogP) is 3.12. The molecule has 0 aliphatic carbocycles. The van der Waals surface area contributed by atoms with Crippen molar-refractivity contribution in [1.82, 2.24) is 10.2 Å². The number of fused-ring (bicyclic) bond motifs is 1. The van der Waals surface area contributed by atoms with E-state index in [-0.39, 0.29) is 0 Å². The zero-order valence-electron chi connectivity index (χ0n) is 9.57. The van der Waals surface area contributed by atoms with Crippen LogP contribution in [0.3, 0.4) is 0 Å². The lowest BCUT2D eigenvalue weighted by atomic mass is 9.99. The molecule has 0 radical (unpaired) electrons. The molecular formula is C14H13N3. The number of rotatable bonds is 1. The van der Waals surface area contributed by atoms with Gasteiger partial charge in [0.2, 0.25) is 0 Å². The highest BCUT2D eigenvalue weighted by molar-refractivity contribution is 5.86. The van der Waals surface area contributed by atoms with E-state index < -0.39 is 0 Å². The number of aromatic amines is 1. The number of aromatic nitrogens is 2. The number of hydrogen-bond donors (Lipinski definition) is 2. The van der Waals surface area contributed by atoms with Crippen molar-refractivity contribution < 1.29 is 0 Å². The summed E-state index contributed by atoms with van der Waals surface area (Å²) >= 11 is 0. The molecule has 0 spiro atoms. The standard InChI is InChI=1S/C14H13N3/c1-9-6-11-8-16-17-14(11)7-13(9)10-2-4-12(15)5-3-10/h2-8H,15H2,1H3,(H,16,17). The molecule has 0 fully saturated rings. The number of nitrogen functional groups attached to an aromatic ring is 1. The number of anilines is 1. The molecule has 1 aromatic heterocycles. The van der Waals surface area contributed by atoms with E-state index in [1.165, 1.54) is 16.7 Å². The summed E-state index contributed by atoms with van der Waals surface area (Å²) in [5.41, 5.74) is 11.2.